The summed E-state index contributed by atoms with van der Waals surface area (Å²) in [6, 6.07) is 8.40. The maximum absolute atomic E-state index is 9.83. The Hall–Kier alpha value is -1.06. The molecule has 1 unspecified atom stereocenters. The van der Waals surface area contributed by atoms with Crippen molar-refractivity contribution < 1.29 is 9.84 Å². The summed E-state index contributed by atoms with van der Waals surface area (Å²) in [7, 11) is 0. The Bertz CT molecular complexity index is 415. The molecule has 1 aromatic rings. The van der Waals surface area contributed by atoms with E-state index in [2.05, 4.69) is 32.2 Å². The fourth-order valence-corrected chi connectivity index (χ4v) is 2.63. The van der Waals surface area contributed by atoms with Crippen LogP contribution in [0.15, 0.2) is 24.3 Å². The molecule has 0 amide bonds. The Labute approximate surface area is 116 Å². The van der Waals surface area contributed by atoms with E-state index in [-0.39, 0.29) is 12.1 Å². The Morgan fingerprint density at radius 3 is 2.68 bits per heavy atom. The number of aliphatic hydroxyl groups excluding tert-OH is 1. The van der Waals surface area contributed by atoms with Gasteiger partial charge in [-0.2, -0.15) is 0 Å². The van der Waals surface area contributed by atoms with E-state index in [1.807, 2.05) is 18.2 Å². The molecule has 1 aliphatic rings. The topological polar surface area (TPSA) is 41.5 Å². The molecular formula is C16H25NO2. The molecule has 0 radical (unpaired) electrons. The lowest BCUT2D eigenvalue weighted by Gasteiger charge is -2.35. The van der Waals surface area contributed by atoms with E-state index in [9.17, 15) is 5.11 Å². The van der Waals surface area contributed by atoms with Crippen molar-refractivity contribution in [2.45, 2.75) is 45.2 Å². The average Bonchev–Trinajstić information content (AvgIpc) is 3.19. The lowest BCUT2D eigenvalue weighted by molar-refractivity contribution is 0.0778. The highest BCUT2D eigenvalue weighted by Gasteiger charge is 2.45. The Morgan fingerprint density at radius 1 is 1.42 bits per heavy atom. The van der Waals surface area contributed by atoms with Crippen LogP contribution < -0.4 is 10.1 Å². The van der Waals surface area contributed by atoms with Gasteiger partial charge < -0.3 is 15.2 Å². The Balaban J connectivity index is 2.03. The van der Waals surface area contributed by atoms with Crippen molar-refractivity contribution in [3.63, 3.8) is 0 Å². The number of benzene rings is 1. The normalized spacial score (nSPS) is 18.4. The van der Waals surface area contributed by atoms with Gasteiger partial charge in [0.15, 0.2) is 0 Å². The van der Waals surface area contributed by atoms with Gasteiger partial charge in [0.2, 0.25) is 0 Å². The number of nitrogens with one attached hydrogen (secondary N) is 1. The molecule has 19 heavy (non-hydrogen) atoms. The quantitative estimate of drug-likeness (QED) is 0.794. The second kappa shape index (κ2) is 5.93. The van der Waals surface area contributed by atoms with E-state index in [1.165, 1.54) is 18.4 Å². The lowest BCUT2D eigenvalue weighted by atomic mass is 9.94. The molecule has 2 N–H and O–H groups in total. The molecule has 1 saturated carbocycles. The van der Waals surface area contributed by atoms with E-state index in [0.29, 0.717) is 18.6 Å². The molecule has 1 aromatic carbocycles. The van der Waals surface area contributed by atoms with Crippen LogP contribution in [0.4, 0.5) is 0 Å². The summed E-state index contributed by atoms with van der Waals surface area (Å²) in [4.78, 5) is 0. The summed E-state index contributed by atoms with van der Waals surface area (Å²) in [5.74, 6) is 1.41. The van der Waals surface area contributed by atoms with Crippen molar-refractivity contribution in [1.82, 2.24) is 5.32 Å². The van der Waals surface area contributed by atoms with Crippen LogP contribution in [0.2, 0.25) is 0 Å². The van der Waals surface area contributed by atoms with Crippen molar-refractivity contribution in [3.05, 3.63) is 29.8 Å². The summed E-state index contributed by atoms with van der Waals surface area (Å²) < 4.78 is 5.92. The van der Waals surface area contributed by atoms with Crippen LogP contribution in [0.25, 0.3) is 0 Å². The highest BCUT2D eigenvalue weighted by Crippen LogP contribution is 2.40. The monoisotopic (exact) mass is 263 g/mol. The molecule has 0 heterocycles. The summed E-state index contributed by atoms with van der Waals surface area (Å²) in [5.41, 5.74) is 0.896. The zero-order valence-electron chi connectivity index (χ0n) is 12.1. The number of aliphatic hydroxyl groups is 1. The van der Waals surface area contributed by atoms with Crippen LogP contribution in [-0.4, -0.2) is 29.9 Å². The minimum Gasteiger partial charge on any atom is -0.492 e. The molecule has 0 bridgehead atoms. The molecule has 1 aliphatic carbocycles. The molecule has 106 valence electrons. The van der Waals surface area contributed by atoms with Gasteiger partial charge in [0, 0.05) is 6.04 Å². The molecule has 1 atom stereocenters. The smallest absolute Gasteiger partial charge is 0.119 e. The molecule has 3 heteroatoms. The van der Waals surface area contributed by atoms with Gasteiger partial charge in [-0.25, -0.2) is 0 Å². The van der Waals surface area contributed by atoms with Gasteiger partial charge >= 0.3 is 0 Å². The van der Waals surface area contributed by atoms with Crippen LogP contribution >= 0.6 is 0 Å². The maximum Gasteiger partial charge on any atom is 0.119 e. The van der Waals surface area contributed by atoms with Gasteiger partial charge in [0.25, 0.3) is 0 Å². The van der Waals surface area contributed by atoms with E-state index in [4.69, 9.17) is 4.74 Å². The van der Waals surface area contributed by atoms with E-state index in [1.54, 1.807) is 0 Å². The molecule has 1 fully saturated rings. The third kappa shape index (κ3) is 3.71. The van der Waals surface area contributed by atoms with Crippen LogP contribution in [0, 0.1) is 12.8 Å². The van der Waals surface area contributed by atoms with Gasteiger partial charge in [0.1, 0.15) is 12.4 Å². The van der Waals surface area contributed by atoms with Crippen molar-refractivity contribution in [3.8, 4) is 5.75 Å². The standard InChI is InChI=1S/C16H25NO2/c1-12(2)17-16(10-18,14-7-8-14)11-19-15-6-4-5-13(3)9-15/h4-6,9,12,14,17-18H,7-8,10-11H2,1-3H3. The summed E-state index contributed by atoms with van der Waals surface area (Å²) >= 11 is 0. The molecular weight excluding hydrogens is 238 g/mol. The van der Waals surface area contributed by atoms with Crippen LogP contribution in [0.5, 0.6) is 5.75 Å². The first-order valence-corrected chi connectivity index (χ1v) is 7.14. The third-order valence-electron chi connectivity index (χ3n) is 3.70. The number of aryl methyl sites for hydroxylation is 1. The molecule has 3 nitrogen and oxygen atoms in total. The zero-order valence-corrected chi connectivity index (χ0v) is 12.1. The minimum atomic E-state index is -0.294. The number of ether oxygens (including phenoxy) is 1. The van der Waals surface area contributed by atoms with Crippen LogP contribution in [0.1, 0.15) is 32.3 Å². The molecule has 0 aliphatic heterocycles. The second-order valence-corrected chi connectivity index (χ2v) is 5.99. The number of hydrogen-bond acceptors (Lipinski definition) is 3. The summed E-state index contributed by atoms with van der Waals surface area (Å²) in [5, 5.41) is 13.3. The van der Waals surface area contributed by atoms with Gasteiger partial charge in [0.05, 0.1) is 12.1 Å². The number of hydrogen-bond donors (Lipinski definition) is 2. The first-order chi connectivity index (χ1) is 9.05. The first kappa shape index (κ1) is 14.4. The molecule has 0 spiro atoms. The van der Waals surface area contributed by atoms with Crippen LogP contribution in [0.3, 0.4) is 0 Å². The predicted octanol–water partition coefficient (Wildman–Crippen LogP) is 2.51. The maximum atomic E-state index is 9.83. The van der Waals surface area contributed by atoms with Gasteiger partial charge in [-0.05, 0) is 43.4 Å². The Morgan fingerprint density at radius 2 is 2.16 bits per heavy atom. The second-order valence-electron chi connectivity index (χ2n) is 5.99. The molecule has 2 rings (SSSR count). The zero-order chi connectivity index (χ0) is 13.9. The minimum absolute atomic E-state index is 0.127. The van der Waals surface area contributed by atoms with Crippen molar-refractivity contribution in [1.29, 1.82) is 0 Å². The molecule has 0 aromatic heterocycles. The lowest BCUT2D eigenvalue weighted by Crippen LogP contribution is -2.57. The SMILES string of the molecule is Cc1cccc(OCC(CO)(NC(C)C)C2CC2)c1. The third-order valence-corrected chi connectivity index (χ3v) is 3.70. The largest absolute Gasteiger partial charge is 0.492 e. The van der Waals surface area contributed by atoms with Crippen molar-refractivity contribution >= 4 is 0 Å². The summed E-state index contributed by atoms with van der Waals surface area (Å²) in [6.45, 7) is 6.93. The summed E-state index contributed by atoms with van der Waals surface area (Å²) in [6.07, 6.45) is 2.36. The van der Waals surface area contributed by atoms with Crippen molar-refractivity contribution in [2.24, 2.45) is 5.92 Å². The molecule has 0 saturated heterocycles. The Kier molecular flexibility index (Phi) is 4.48. The first-order valence-electron chi connectivity index (χ1n) is 7.14. The van der Waals surface area contributed by atoms with Crippen molar-refractivity contribution in [2.75, 3.05) is 13.2 Å². The fraction of sp³-hybridized carbons (Fsp3) is 0.625. The highest BCUT2D eigenvalue weighted by molar-refractivity contribution is 5.27. The van der Waals surface area contributed by atoms with E-state index >= 15 is 0 Å². The van der Waals surface area contributed by atoms with E-state index < -0.39 is 0 Å². The van der Waals surface area contributed by atoms with E-state index in [0.717, 1.165) is 5.75 Å². The van der Waals surface area contributed by atoms with Gasteiger partial charge in [-0.1, -0.05) is 26.0 Å². The van der Waals surface area contributed by atoms with Gasteiger partial charge in [-0.3, -0.25) is 0 Å². The highest BCUT2D eigenvalue weighted by atomic mass is 16.5. The van der Waals surface area contributed by atoms with Gasteiger partial charge in [-0.15, -0.1) is 0 Å². The predicted molar refractivity (Wildman–Crippen MR) is 77.5 cm³/mol. The average molecular weight is 263 g/mol. The number of rotatable bonds is 7. The van der Waals surface area contributed by atoms with Crippen LogP contribution in [-0.2, 0) is 0 Å². The fourth-order valence-electron chi connectivity index (χ4n) is 2.63.